The number of aryl methyl sites for hydroxylation is 1. The zero-order valence-electron chi connectivity index (χ0n) is 13.5. The highest BCUT2D eigenvalue weighted by atomic mass is 32.2. The molecule has 1 fully saturated rings. The molecule has 0 aliphatic carbocycles. The van der Waals surface area contributed by atoms with Crippen molar-refractivity contribution < 1.29 is 9.53 Å². The van der Waals surface area contributed by atoms with Crippen LogP contribution in [-0.4, -0.2) is 35.4 Å². The summed E-state index contributed by atoms with van der Waals surface area (Å²) in [7, 11) is 0. The molecule has 0 bridgehead atoms. The fraction of sp³-hybridized carbons (Fsp3) is 0.750. The lowest BCUT2D eigenvalue weighted by Crippen LogP contribution is -2.33. The number of hydrogen-bond donors (Lipinski definition) is 1. The molecule has 1 amide bonds. The highest BCUT2D eigenvalue weighted by Gasteiger charge is 2.17. The third-order valence-corrected chi connectivity index (χ3v) is 5.56. The van der Waals surface area contributed by atoms with E-state index >= 15 is 0 Å². The van der Waals surface area contributed by atoms with Gasteiger partial charge < -0.3 is 10.1 Å². The minimum Gasteiger partial charge on any atom is -0.378 e. The molecule has 0 saturated carbocycles. The Balaban J connectivity index is 1.51. The van der Waals surface area contributed by atoms with Crippen LogP contribution in [0.5, 0.6) is 0 Å². The standard InChI is InChI=1S/C16H26N2O2S2/c1-12(5-6-15-4-3-8-20-15)17-16(19)7-9-21-10-14-11-22-13(2)18-14/h11-12,15H,3-10H2,1-2H3,(H,17,19)/t12-,15-/m0/s1. The summed E-state index contributed by atoms with van der Waals surface area (Å²) in [6.07, 6.45) is 5.41. The number of rotatable bonds is 9. The van der Waals surface area contributed by atoms with Gasteiger partial charge in [0.1, 0.15) is 0 Å². The van der Waals surface area contributed by atoms with E-state index in [2.05, 4.69) is 22.6 Å². The Kier molecular flexibility index (Phi) is 7.69. The highest BCUT2D eigenvalue weighted by molar-refractivity contribution is 7.98. The van der Waals surface area contributed by atoms with E-state index in [1.807, 2.05) is 6.92 Å². The Morgan fingerprint density at radius 2 is 2.50 bits per heavy atom. The van der Waals surface area contributed by atoms with Crippen molar-refractivity contribution in [1.29, 1.82) is 0 Å². The molecular formula is C16H26N2O2S2. The van der Waals surface area contributed by atoms with Crippen LogP contribution in [0.3, 0.4) is 0 Å². The average molecular weight is 343 g/mol. The maximum absolute atomic E-state index is 11.9. The smallest absolute Gasteiger partial charge is 0.221 e. The molecular weight excluding hydrogens is 316 g/mol. The molecule has 0 radical (unpaired) electrons. The maximum atomic E-state index is 11.9. The van der Waals surface area contributed by atoms with E-state index in [4.69, 9.17) is 4.74 Å². The summed E-state index contributed by atoms with van der Waals surface area (Å²) in [4.78, 5) is 16.3. The molecule has 124 valence electrons. The molecule has 1 aliphatic rings. The minimum atomic E-state index is 0.154. The SMILES string of the molecule is Cc1nc(CSCCC(=O)N[C@@H](C)CC[C@@H]2CCCO2)cs1. The lowest BCUT2D eigenvalue weighted by Gasteiger charge is -2.16. The fourth-order valence-electron chi connectivity index (χ4n) is 2.54. The second-order valence-corrected chi connectivity index (χ2v) is 8.01. The lowest BCUT2D eigenvalue weighted by molar-refractivity contribution is -0.121. The van der Waals surface area contributed by atoms with Crippen LogP contribution in [0, 0.1) is 6.92 Å². The molecule has 0 unspecified atom stereocenters. The first-order chi connectivity index (χ1) is 10.6. The van der Waals surface area contributed by atoms with Crippen LogP contribution in [0.15, 0.2) is 5.38 Å². The van der Waals surface area contributed by atoms with Crippen LogP contribution in [-0.2, 0) is 15.3 Å². The zero-order chi connectivity index (χ0) is 15.8. The molecule has 2 atom stereocenters. The Bertz CT molecular complexity index is 459. The number of nitrogens with zero attached hydrogens (tertiary/aromatic N) is 1. The van der Waals surface area contributed by atoms with Gasteiger partial charge in [-0.1, -0.05) is 0 Å². The molecule has 1 N–H and O–H groups in total. The number of amides is 1. The van der Waals surface area contributed by atoms with Gasteiger partial charge in [-0.25, -0.2) is 4.98 Å². The number of carbonyl (C=O) groups excluding carboxylic acids is 1. The Morgan fingerprint density at radius 1 is 1.64 bits per heavy atom. The van der Waals surface area contributed by atoms with E-state index in [1.54, 1.807) is 23.1 Å². The maximum Gasteiger partial charge on any atom is 0.221 e. The summed E-state index contributed by atoms with van der Waals surface area (Å²) in [6, 6.07) is 0.239. The van der Waals surface area contributed by atoms with Crippen molar-refractivity contribution in [3.8, 4) is 0 Å². The van der Waals surface area contributed by atoms with Gasteiger partial charge in [0.15, 0.2) is 0 Å². The van der Waals surface area contributed by atoms with E-state index < -0.39 is 0 Å². The first kappa shape index (κ1) is 17.8. The number of carbonyl (C=O) groups is 1. The van der Waals surface area contributed by atoms with Crippen molar-refractivity contribution in [2.75, 3.05) is 12.4 Å². The lowest BCUT2D eigenvalue weighted by atomic mass is 10.1. The van der Waals surface area contributed by atoms with Crippen molar-refractivity contribution in [1.82, 2.24) is 10.3 Å². The summed E-state index contributed by atoms with van der Waals surface area (Å²) < 4.78 is 5.61. The molecule has 6 heteroatoms. The largest absolute Gasteiger partial charge is 0.378 e. The predicted molar refractivity (Wildman–Crippen MR) is 93.4 cm³/mol. The fourth-order valence-corrected chi connectivity index (χ4v) is 4.09. The van der Waals surface area contributed by atoms with Gasteiger partial charge >= 0.3 is 0 Å². The van der Waals surface area contributed by atoms with Crippen LogP contribution in [0.2, 0.25) is 0 Å². The van der Waals surface area contributed by atoms with Gasteiger partial charge in [0, 0.05) is 36.0 Å². The normalized spacial score (nSPS) is 19.3. The summed E-state index contributed by atoms with van der Waals surface area (Å²) >= 11 is 3.45. The Labute approximate surface area is 141 Å². The number of hydrogen-bond acceptors (Lipinski definition) is 5. The van der Waals surface area contributed by atoms with E-state index in [9.17, 15) is 4.79 Å². The monoisotopic (exact) mass is 342 g/mol. The van der Waals surface area contributed by atoms with Gasteiger partial charge in [0.25, 0.3) is 0 Å². The second kappa shape index (κ2) is 9.53. The van der Waals surface area contributed by atoms with Crippen molar-refractivity contribution >= 4 is 29.0 Å². The molecule has 22 heavy (non-hydrogen) atoms. The molecule has 1 saturated heterocycles. The summed E-state index contributed by atoms with van der Waals surface area (Å²) in [5, 5.41) is 6.28. The van der Waals surface area contributed by atoms with E-state index in [0.717, 1.165) is 41.7 Å². The van der Waals surface area contributed by atoms with Gasteiger partial charge in [0.05, 0.1) is 16.8 Å². The number of thiazole rings is 1. The number of nitrogens with one attached hydrogen (secondary N) is 1. The van der Waals surface area contributed by atoms with Crippen molar-refractivity contribution in [3.63, 3.8) is 0 Å². The Hall–Kier alpha value is -0.590. The van der Waals surface area contributed by atoms with E-state index in [1.165, 1.54) is 12.8 Å². The molecule has 4 nitrogen and oxygen atoms in total. The van der Waals surface area contributed by atoms with Crippen LogP contribution >= 0.6 is 23.1 Å². The first-order valence-electron chi connectivity index (χ1n) is 8.03. The predicted octanol–water partition coefficient (Wildman–Crippen LogP) is 3.54. The van der Waals surface area contributed by atoms with E-state index in [0.29, 0.717) is 12.5 Å². The summed E-state index contributed by atoms with van der Waals surface area (Å²) in [5.74, 6) is 1.90. The Morgan fingerprint density at radius 3 is 3.18 bits per heavy atom. The second-order valence-electron chi connectivity index (χ2n) is 5.84. The van der Waals surface area contributed by atoms with Crippen LogP contribution in [0.1, 0.15) is 49.7 Å². The number of thioether (sulfide) groups is 1. The first-order valence-corrected chi connectivity index (χ1v) is 10.1. The van der Waals surface area contributed by atoms with Crippen LogP contribution in [0.4, 0.5) is 0 Å². The topological polar surface area (TPSA) is 51.2 Å². The van der Waals surface area contributed by atoms with Gasteiger partial charge in [-0.05, 0) is 39.5 Å². The van der Waals surface area contributed by atoms with Crippen LogP contribution in [0.25, 0.3) is 0 Å². The molecule has 1 aliphatic heterocycles. The summed E-state index contributed by atoms with van der Waals surface area (Å²) in [6.45, 7) is 5.00. The third kappa shape index (κ3) is 6.67. The number of ether oxygens (including phenoxy) is 1. The van der Waals surface area contributed by atoms with Gasteiger partial charge in [-0.15, -0.1) is 11.3 Å². The van der Waals surface area contributed by atoms with Gasteiger partial charge in [0.2, 0.25) is 5.91 Å². The zero-order valence-corrected chi connectivity index (χ0v) is 15.1. The molecule has 0 aromatic carbocycles. The highest BCUT2D eigenvalue weighted by Crippen LogP contribution is 2.18. The number of aromatic nitrogens is 1. The van der Waals surface area contributed by atoms with Gasteiger partial charge in [-0.3, -0.25) is 4.79 Å². The molecule has 1 aromatic heterocycles. The van der Waals surface area contributed by atoms with E-state index in [-0.39, 0.29) is 11.9 Å². The van der Waals surface area contributed by atoms with Crippen molar-refractivity contribution in [3.05, 3.63) is 16.1 Å². The molecule has 0 spiro atoms. The molecule has 2 rings (SSSR count). The molecule has 2 heterocycles. The quantitative estimate of drug-likeness (QED) is 0.698. The minimum absolute atomic E-state index is 0.154. The summed E-state index contributed by atoms with van der Waals surface area (Å²) in [5.41, 5.74) is 1.12. The van der Waals surface area contributed by atoms with Crippen molar-refractivity contribution in [2.45, 2.75) is 63.9 Å². The molecule has 1 aromatic rings. The van der Waals surface area contributed by atoms with Crippen molar-refractivity contribution in [2.24, 2.45) is 0 Å². The average Bonchev–Trinajstić information content (AvgIpc) is 3.13. The third-order valence-electron chi connectivity index (χ3n) is 3.74. The van der Waals surface area contributed by atoms with Crippen LogP contribution < -0.4 is 5.32 Å². The van der Waals surface area contributed by atoms with Gasteiger partial charge in [-0.2, -0.15) is 11.8 Å².